The van der Waals surface area contributed by atoms with Crippen molar-refractivity contribution < 1.29 is 13.6 Å². The second kappa shape index (κ2) is 3.25. The molecule has 1 aromatic heterocycles. The molecule has 0 bridgehead atoms. The van der Waals surface area contributed by atoms with Gasteiger partial charge in [0, 0.05) is 19.0 Å². The Morgan fingerprint density at radius 1 is 1.59 bits per heavy atom. The van der Waals surface area contributed by atoms with Crippen molar-refractivity contribution in [1.29, 1.82) is 0 Å². The average Bonchev–Trinajstić information content (AvgIpc) is 2.76. The van der Waals surface area contributed by atoms with Crippen molar-refractivity contribution in [2.24, 2.45) is 5.73 Å². The number of halogens is 2. The summed E-state index contributed by atoms with van der Waals surface area (Å²) in [4.78, 5) is 11.5. The Balaban J connectivity index is 1.87. The standard InChI is InChI=1S/C10H12F2N4O/c11-10(12)4-5(10)7-3-8-14-9(17)6(13)1-2-16(8)15-7/h3,5-6H,1-2,4,13H2,(H,14,17). The van der Waals surface area contributed by atoms with Crippen LogP contribution in [0, 0.1) is 0 Å². The van der Waals surface area contributed by atoms with Crippen LogP contribution in [0.1, 0.15) is 24.5 Å². The number of hydrogen-bond donors (Lipinski definition) is 2. The number of aromatic nitrogens is 2. The van der Waals surface area contributed by atoms with Crippen molar-refractivity contribution in [2.45, 2.75) is 37.3 Å². The molecule has 1 fully saturated rings. The fourth-order valence-electron chi connectivity index (χ4n) is 2.02. The smallest absolute Gasteiger partial charge is 0.257 e. The van der Waals surface area contributed by atoms with Crippen LogP contribution in [0.25, 0.3) is 0 Å². The van der Waals surface area contributed by atoms with Crippen LogP contribution in [0.5, 0.6) is 0 Å². The van der Waals surface area contributed by atoms with Crippen molar-refractivity contribution in [1.82, 2.24) is 9.78 Å². The Labute approximate surface area is 96.0 Å². The molecule has 3 N–H and O–H groups in total. The number of nitrogens with one attached hydrogen (secondary N) is 1. The number of alkyl halides is 2. The fourth-order valence-corrected chi connectivity index (χ4v) is 2.02. The van der Waals surface area contributed by atoms with E-state index in [0.29, 0.717) is 24.5 Å². The van der Waals surface area contributed by atoms with Crippen molar-refractivity contribution in [3.05, 3.63) is 11.8 Å². The minimum atomic E-state index is -2.64. The Kier molecular flexibility index (Phi) is 2.04. The zero-order chi connectivity index (χ0) is 12.2. The number of nitrogens with two attached hydrogens (primary N) is 1. The van der Waals surface area contributed by atoms with Gasteiger partial charge in [0.15, 0.2) is 0 Å². The van der Waals surface area contributed by atoms with Gasteiger partial charge in [-0.1, -0.05) is 0 Å². The molecule has 2 unspecified atom stereocenters. The predicted octanol–water partition coefficient (Wildman–Crippen LogP) is 0.675. The highest BCUT2D eigenvalue weighted by Gasteiger charge is 2.59. The molecule has 0 saturated heterocycles. The van der Waals surface area contributed by atoms with Crippen LogP contribution in [-0.2, 0) is 11.3 Å². The van der Waals surface area contributed by atoms with Gasteiger partial charge in [-0.2, -0.15) is 5.10 Å². The molecule has 17 heavy (non-hydrogen) atoms. The van der Waals surface area contributed by atoms with E-state index in [1.807, 2.05) is 0 Å². The van der Waals surface area contributed by atoms with E-state index >= 15 is 0 Å². The molecule has 1 saturated carbocycles. The highest BCUT2D eigenvalue weighted by atomic mass is 19.3. The number of hydrogen-bond acceptors (Lipinski definition) is 3. The van der Waals surface area contributed by atoms with E-state index in [1.165, 1.54) is 10.7 Å². The lowest BCUT2D eigenvalue weighted by atomic mass is 10.2. The largest absolute Gasteiger partial charge is 0.320 e. The summed E-state index contributed by atoms with van der Waals surface area (Å²) in [7, 11) is 0. The first-order valence-electron chi connectivity index (χ1n) is 5.49. The Morgan fingerprint density at radius 2 is 2.29 bits per heavy atom. The molecule has 5 nitrogen and oxygen atoms in total. The van der Waals surface area contributed by atoms with E-state index in [0.717, 1.165) is 0 Å². The molecule has 2 heterocycles. The summed E-state index contributed by atoms with van der Waals surface area (Å²) in [6.45, 7) is 0.466. The molecular formula is C10H12F2N4O. The number of rotatable bonds is 1. The first-order valence-corrected chi connectivity index (χ1v) is 5.49. The normalized spacial score (nSPS) is 30.4. The van der Waals surface area contributed by atoms with Gasteiger partial charge in [-0.05, 0) is 6.42 Å². The SMILES string of the molecule is NC1CCn2nc(C3CC3(F)F)cc2NC1=O. The van der Waals surface area contributed by atoms with Crippen LogP contribution >= 0.6 is 0 Å². The van der Waals surface area contributed by atoms with Crippen LogP contribution in [0.3, 0.4) is 0 Å². The van der Waals surface area contributed by atoms with Gasteiger partial charge in [-0.25, -0.2) is 13.5 Å². The van der Waals surface area contributed by atoms with Crippen molar-refractivity contribution in [3.63, 3.8) is 0 Å². The number of nitrogens with zero attached hydrogens (tertiary/aromatic N) is 2. The number of carbonyl (C=O) groups excluding carboxylic acids is 1. The maximum Gasteiger partial charge on any atom is 0.257 e. The van der Waals surface area contributed by atoms with Gasteiger partial charge in [-0.15, -0.1) is 0 Å². The van der Waals surface area contributed by atoms with Gasteiger partial charge in [-0.3, -0.25) is 4.79 Å². The average molecular weight is 242 g/mol. The monoisotopic (exact) mass is 242 g/mol. The summed E-state index contributed by atoms with van der Waals surface area (Å²) in [5.41, 5.74) is 5.94. The second-order valence-electron chi connectivity index (χ2n) is 4.58. The number of aryl methyl sites for hydroxylation is 1. The highest BCUT2D eigenvalue weighted by molar-refractivity contribution is 5.94. The minimum absolute atomic E-state index is 0.156. The van der Waals surface area contributed by atoms with Crippen molar-refractivity contribution >= 4 is 11.7 Å². The molecule has 2 atom stereocenters. The molecular weight excluding hydrogens is 230 g/mol. The quantitative estimate of drug-likeness (QED) is 0.760. The summed E-state index contributed by atoms with van der Waals surface area (Å²) in [5, 5.41) is 6.70. The number of carbonyl (C=O) groups is 1. The van der Waals surface area contributed by atoms with E-state index in [4.69, 9.17) is 5.73 Å². The maximum atomic E-state index is 12.9. The van der Waals surface area contributed by atoms with Gasteiger partial charge in [0.05, 0.1) is 17.7 Å². The lowest BCUT2D eigenvalue weighted by Crippen LogP contribution is -2.34. The molecule has 0 radical (unpaired) electrons. The van der Waals surface area contributed by atoms with Gasteiger partial charge < -0.3 is 11.1 Å². The Hall–Kier alpha value is -1.50. The van der Waals surface area contributed by atoms with E-state index in [2.05, 4.69) is 10.4 Å². The molecule has 3 rings (SSSR count). The Morgan fingerprint density at radius 3 is 2.94 bits per heavy atom. The van der Waals surface area contributed by atoms with E-state index in [9.17, 15) is 13.6 Å². The third-order valence-electron chi connectivity index (χ3n) is 3.22. The number of anilines is 1. The van der Waals surface area contributed by atoms with Crippen LogP contribution in [-0.4, -0.2) is 27.7 Å². The molecule has 7 heteroatoms. The van der Waals surface area contributed by atoms with Gasteiger partial charge in [0.1, 0.15) is 5.82 Å². The molecule has 1 amide bonds. The molecule has 92 valence electrons. The topological polar surface area (TPSA) is 72.9 Å². The molecule has 2 aliphatic rings. The molecule has 0 spiro atoms. The summed E-state index contributed by atoms with van der Waals surface area (Å²) < 4.78 is 27.4. The third-order valence-corrected chi connectivity index (χ3v) is 3.22. The summed E-state index contributed by atoms with van der Waals surface area (Å²) in [6.07, 6.45) is 0.303. The minimum Gasteiger partial charge on any atom is -0.320 e. The van der Waals surface area contributed by atoms with Crippen LogP contribution in [0.15, 0.2) is 6.07 Å². The zero-order valence-electron chi connectivity index (χ0n) is 8.99. The molecule has 1 aliphatic heterocycles. The van der Waals surface area contributed by atoms with Crippen LogP contribution < -0.4 is 11.1 Å². The van der Waals surface area contributed by atoms with E-state index in [-0.39, 0.29) is 12.3 Å². The molecule has 1 aliphatic carbocycles. The highest BCUT2D eigenvalue weighted by Crippen LogP contribution is 2.55. The maximum absolute atomic E-state index is 12.9. The third kappa shape index (κ3) is 1.70. The predicted molar refractivity (Wildman–Crippen MR) is 55.8 cm³/mol. The number of amides is 1. The first kappa shape index (κ1) is 10.6. The molecule has 0 aromatic carbocycles. The van der Waals surface area contributed by atoms with E-state index < -0.39 is 17.9 Å². The van der Waals surface area contributed by atoms with Crippen LogP contribution in [0.2, 0.25) is 0 Å². The van der Waals surface area contributed by atoms with Crippen molar-refractivity contribution in [3.8, 4) is 0 Å². The molecule has 1 aromatic rings. The summed E-state index contributed by atoms with van der Waals surface area (Å²) in [5.74, 6) is -3.27. The zero-order valence-corrected chi connectivity index (χ0v) is 8.99. The van der Waals surface area contributed by atoms with Gasteiger partial charge in [0.25, 0.3) is 5.92 Å². The van der Waals surface area contributed by atoms with Crippen molar-refractivity contribution in [2.75, 3.05) is 5.32 Å². The first-order chi connectivity index (χ1) is 7.97. The van der Waals surface area contributed by atoms with Gasteiger partial charge in [0.2, 0.25) is 5.91 Å². The lowest BCUT2D eigenvalue weighted by Gasteiger charge is -2.04. The lowest BCUT2D eigenvalue weighted by molar-refractivity contribution is -0.117. The van der Waals surface area contributed by atoms with E-state index in [1.54, 1.807) is 0 Å². The summed E-state index contributed by atoms with van der Waals surface area (Å²) in [6, 6.07) is 0.948. The van der Waals surface area contributed by atoms with Gasteiger partial charge >= 0.3 is 0 Å². The van der Waals surface area contributed by atoms with Crippen LogP contribution in [0.4, 0.5) is 14.6 Å². The fraction of sp³-hybridized carbons (Fsp3) is 0.600. The Bertz CT molecular complexity index is 485. The second-order valence-corrected chi connectivity index (χ2v) is 4.58. The number of fused-ring (bicyclic) bond motifs is 1. The summed E-state index contributed by atoms with van der Waals surface area (Å²) >= 11 is 0.